The smallest absolute Gasteiger partial charge is 0.290 e. The van der Waals surface area contributed by atoms with Gasteiger partial charge in [0.15, 0.2) is 0 Å². The van der Waals surface area contributed by atoms with Gasteiger partial charge in [0.25, 0.3) is 6.47 Å². The van der Waals surface area contributed by atoms with Crippen LogP contribution in [0.25, 0.3) is 11.1 Å². The first-order valence-corrected chi connectivity index (χ1v) is 13.4. The molecule has 1 aliphatic rings. The standard InChI is InChI=1S/C31H33N5O.CH2O2/c1-23(37)35-30-11-5-7-25(17-30)19-32-18-24-12-14-27(15-13-24)29-20-33-31(34-21-29)36-16-6-10-28(22-36)26-8-3-2-4-9-26;2-1-3/h2-5,7-9,11-15,17,20-21,28,32H,6,10,16,18-19,22H2,1H3,(H,35,37);1H,(H,2,3). The zero-order valence-electron chi connectivity index (χ0n) is 22.7. The van der Waals surface area contributed by atoms with Crippen molar-refractivity contribution in [1.29, 1.82) is 0 Å². The Kier molecular flexibility index (Phi) is 10.4. The molecule has 1 aromatic heterocycles. The Morgan fingerprint density at radius 1 is 0.950 bits per heavy atom. The van der Waals surface area contributed by atoms with Crippen LogP contribution in [0.4, 0.5) is 11.6 Å². The Morgan fingerprint density at radius 3 is 2.35 bits per heavy atom. The van der Waals surface area contributed by atoms with Gasteiger partial charge in [-0.15, -0.1) is 0 Å². The van der Waals surface area contributed by atoms with E-state index in [0.29, 0.717) is 5.92 Å². The quantitative estimate of drug-likeness (QED) is 0.256. The number of carbonyl (C=O) groups excluding carboxylic acids is 1. The highest BCUT2D eigenvalue weighted by molar-refractivity contribution is 5.88. The van der Waals surface area contributed by atoms with Crippen LogP contribution in [0.5, 0.6) is 0 Å². The van der Waals surface area contributed by atoms with E-state index in [4.69, 9.17) is 19.9 Å². The number of benzene rings is 3. The minimum atomic E-state index is -0.250. The van der Waals surface area contributed by atoms with Crippen LogP contribution < -0.4 is 15.5 Å². The molecule has 1 aliphatic heterocycles. The van der Waals surface area contributed by atoms with E-state index in [-0.39, 0.29) is 12.4 Å². The molecule has 0 radical (unpaired) electrons. The summed E-state index contributed by atoms with van der Waals surface area (Å²) in [5, 5.41) is 13.2. The second-order valence-corrected chi connectivity index (χ2v) is 9.76. The highest BCUT2D eigenvalue weighted by Gasteiger charge is 2.22. The molecule has 5 rings (SSSR count). The van der Waals surface area contributed by atoms with Gasteiger partial charge in [-0.3, -0.25) is 9.59 Å². The summed E-state index contributed by atoms with van der Waals surface area (Å²) in [6, 6.07) is 27.2. The molecule has 0 saturated carbocycles. The van der Waals surface area contributed by atoms with Crippen LogP contribution >= 0.6 is 0 Å². The number of carboxylic acid groups (broad SMARTS) is 1. The molecule has 8 heteroatoms. The van der Waals surface area contributed by atoms with Gasteiger partial charge in [0, 0.05) is 62.7 Å². The van der Waals surface area contributed by atoms with E-state index in [9.17, 15) is 4.79 Å². The summed E-state index contributed by atoms with van der Waals surface area (Å²) in [7, 11) is 0. The molecular weight excluding hydrogens is 502 g/mol. The fourth-order valence-corrected chi connectivity index (χ4v) is 4.92. The van der Waals surface area contributed by atoms with Crippen molar-refractivity contribution in [3.05, 3.63) is 108 Å². The molecule has 1 saturated heterocycles. The van der Waals surface area contributed by atoms with Crippen molar-refractivity contribution in [2.75, 3.05) is 23.3 Å². The highest BCUT2D eigenvalue weighted by Crippen LogP contribution is 2.29. The molecule has 8 nitrogen and oxygen atoms in total. The maximum Gasteiger partial charge on any atom is 0.290 e. The maximum absolute atomic E-state index is 11.3. The monoisotopic (exact) mass is 537 g/mol. The van der Waals surface area contributed by atoms with Crippen LogP contribution in [0.15, 0.2) is 91.3 Å². The largest absolute Gasteiger partial charge is 0.483 e. The summed E-state index contributed by atoms with van der Waals surface area (Å²) in [5.41, 5.74) is 6.69. The predicted octanol–water partition coefficient (Wildman–Crippen LogP) is 5.48. The maximum atomic E-state index is 11.3. The number of aromatic nitrogens is 2. The lowest BCUT2D eigenvalue weighted by molar-refractivity contribution is -0.123. The molecule has 1 unspecified atom stereocenters. The summed E-state index contributed by atoms with van der Waals surface area (Å²) in [6.45, 7) is 4.72. The molecular formula is C32H35N5O3. The fourth-order valence-electron chi connectivity index (χ4n) is 4.92. The molecule has 1 atom stereocenters. The average Bonchev–Trinajstić information content (AvgIpc) is 2.98. The van der Waals surface area contributed by atoms with E-state index in [1.165, 1.54) is 24.5 Å². The second-order valence-electron chi connectivity index (χ2n) is 9.76. The molecule has 206 valence electrons. The minimum Gasteiger partial charge on any atom is -0.483 e. The number of anilines is 2. The number of nitrogens with zero attached hydrogens (tertiary/aromatic N) is 3. The van der Waals surface area contributed by atoms with Crippen LogP contribution in [0.3, 0.4) is 0 Å². The molecule has 0 spiro atoms. The van der Waals surface area contributed by atoms with Crippen molar-refractivity contribution in [2.24, 2.45) is 0 Å². The van der Waals surface area contributed by atoms with E-state index >= 15 is 0 Å². The van der Waals surface area contributed by atoms with E-state index in [1.807, 2.05) is 30.6 Å². The molecule has 0 bridgehead atoms. The number of hydrogen-bond acceptors (Lipinski definition) is 6. The van der Waals surface area contributed by atoms with Crippen molar-refractivity contribution < 1.29 is 14.7 Å². The normalized spacial score (nSPS) is 14.5. The highest BCUT2D eigenvalue weighted by atomic mass is 16.3. The second kappa shape index (κ2) is 14.6. The number of rotatable bonds is 8. The van der Waals surface area contributed by atoms with E-state index in [2.05, 4.69) is 76.2 Å². The van der Waals surface area contributed by atoms with Crippen molar-refractivity contribution in [3.8, 4) is 11.1 Å². The summed E-state index contributed by atoms with van der Waals surface area (Å²) >= 11 is 0. The molecule has 40 heavy (non-hydrogen) atoms. The van der Waals surface area contributed by atoms with Crippen LogP contribution in [-0.2, 0) is 22.7 Å². The Balaban J connectivity index is 0.00000118. The predicted molar refractivity (Wildman–Crippen MR) is 158 cm³/mol. The van der Waals surface area contributed by atoms with Crippen molar-refractivity contribution in [1.82, 2.24) is 15.3 Å². The Hall–Kier alpha value is -4.56. The van der Waals surface area contributed by atoms with Gasteiger partial charge in [-0.05, 0) is 47.2 Å². The summed E-state index contributed by atoms with van der Waals surface area (Å²) in [5.74, 6) is 1.28. The lowest BCUT2D eigenvalue weighted by Gasteiger charge is -2.33. The number of hydrogen-bond donors (Lipinski definition) is 3. The number of nitrogens with one attached hydrogen (secondary N) is 2. The minimum absolute atomic E-state index is 0.0616. The van der Waals surface area contributed by atoms with Crippen molar-refractivity contribution in [3.63, 3.8) is 0 Å². The Labute approximate surface area is 235 Å². The zero-order chi connectivity index (χ0) is 28.2. The molecule has 3 N–H and O–H groups in total. The van der Waals surface area contributed by atoms with Gasteiger partial charge in [-0.25, -0.2) is 9.97 Å². The number of piperidine rings is 1. The molecule has 3 aromatic carbocycles. The fraction of sp³-hybridized carbons (Fsp3) is 0.250. The van der Waals surface area contributed by atoms with Crippen LogP contribution in [0.2, 0.25) is 0 Å². The van der Waals surface area contributed by atoms with Crippen LogP contribution in [-0.4, -0.2) is 40.5 Å². The van der Waals surface area contributed by atoms with Gasteiger partial charge in [-0.1, -0.05) is 66.7 Å². The number of carbonyl (C=O) groups is 2. The first-order chi connectivity index (χ1) is 19.6. The zero-order valence-corrected chi connectivity index (χ0v) is 22.7. The van der Waals surface area contributed by atoms with E-state index < -0.39 is 0 Å². The van der Waals surface area contributed by atoms with Gasteiger partial charge in [0.05, 0.1) is 0 Å². The SMILES string of the molecule is CC(=O)Nc1cccc(CNCc2ccc(-c3cnc(N4CCCC(c5ccccc5)C4)nc3)cc2)c1.O=CO. The van der Waals surface area contributed by atoms with Crippen molar-refractivity contribution >= 4 is 24.0 Å². The van der Waals surface area contributed by atoms with E-state index in [0.717, 1.165) is 60.9 Å². The number of amides is 1. The first-order valence-electron chi connectivity index (χ1n) is 13.4. The van der Waals surface area contributed by atoms with Gasteiger partial charge in [0.1, 0.15) is 0 Å². The van der Waals surface area contributed by atoms with E-state index in [1.54, 1.807) is 0 Å². The lowest BCUT2D eigenvalue weighted by Crippen LogP contribution is -2.35. The third kappa shape index (κ3) is 8.22. The van der Waals surface area contributed by atoms with Gasteiger partial charge < -0.3 is 20.6 Å². The summed E-state index contributed by atoms with van der Waals surface area (Å²) < 4.78 is 0. The first kappa shape index (κ1) is 28.4. The van der Waals surface area contributed by atoms with Gasteiger partial charge >= 0.3 is 0 Å². The van der Waals surface area contributed by atoms with Gasteiger partial charge in [-0.2, -0.15) is 0 Å². The third-order valence-electron chi connectivity index (χ3n) is 6.81. The Morgan fingerprint density at radius 2 is 1.65 bits per heavy atom. The summed E-state index contributed by atoms with van der Waals surface area (Å²) in [6.07, 6.45) is 6.23. The van der Waals surface area contributed by atoms with Crippen LogP contribution in [0.1, 0.15) is 42.4 Å². The molecule has 2 heterocycles. The lowest BCUT2D eigenvalue weighted by atomic mass is 9.91. The van der Waals surface area contributed by atoms with Crippen molar-refractivity contribution in [2.45, 2.75) is 38.8 Å². The average molecular weight is 538 g/mol. The molecule has 1 amide bonds. The third-order valence-corrected chi connectivity index (χ3v) is 6.81. The van der Waals surface area contributed by atoms with Gasteiger partial charge in [0.2, 0.25) is 11.9 Å². The topological polar surface area (TPSA) is 107 Å². The molecule has 1 fully saturated rings. The van der Waals surface area contributed by atoms with Crippen LogP contribution in [0, 0.1) is 0 Å². The Bertz CT molecular complexity index is 1360. The summed E-state index contributed by atoms with van der Waals surface area (Å²) in [4.78, 5) is 31.4. The molecule has 0 aliphatic carbocycles. The molecule has 4 aromatic rings.